The Hall–Kier alpha value is -5.11. The molecule has 1 aliphatic heterocycles. The molecule has 3 atom stereocenters. The Bertz CT molecular complexity index is 2350. The van der Waals surface area contributed by atoms with Crippen molar-refractivity contribution in [3.8, 4) is 23.0 Å². The first-order valence-corrected chi connectivity index (χ1v) is 17.9. The van der Waals surface area contributed by atoms with Crippen LogP contribution in [0.3, 0.4) is 0 Å². The van der Waals surface area contributed by atoms with Gasteiger partial charge in [0, 0.05) is 0 Å². The van der Waals surface area contributed by atoms with Crippen LogP contribution in [0.4, 0.5) is 0 Å². The lowest BCUT2D eigenvalue weighted by Crippen LogP contribution is -2.40. The molecule has 1 aliphatic carbocycles. The van der Waals surface area contributed by atoms with Crippen LogP contribution in [-0.4, -0.2) is 43.3 Å². The van der Waals surface area contributed by atoms with Gasteiger partial charge < -0.3 is 28.1 Å². The van der Waals surface area contributed by atoms with E-state index in [1.807, 2.05) is 13.8 Å². The number of aromatic nitrogens is 1. The lowest BCUT2D eigenvalue weighted by atomic mass is 9.95. The highest BCUT2D eigenvalue weighted by molar-refractivity contribution is 7.07. The van der Waals surface area contributed by atoms with Gasteiger partial charge in [-0.2, -0.15) is 0 Å². The summed E-state index contributed by atoms with van der Waals surface area (Å²) in [7, 11) is 2.85. The van der Waals surface area contributed by atoms with Crippen LogP contribution in [0.15, 0.2) is 90.8 Å². The van der Waals surface area contributed by atoms with Crippen molar-refractivity contribution < 1.29 is 42.5 Å². The van der Waals surface area contributed by atoms with Crippen molar-refractivity contribution in [2.75, 3.05) is 20.8 Å². The van der Waals surface area contributed by atoms with Gasteiger partial charge in [-0.15, -0.1) is 0 Å². The van der Waals surface area contributed by atoms with Gasteiger partial charge in [0.1, 0.15) is 4.49 Å². The molecule has 53 heavy (non-hydrogen) atoms. The summed E-state index contributed by atoms with van der Waals surface area (Å²) in [5.41, 5.74) is 0.773. The molecule has 3 heterocycles. The summed E-state index contributed by atoms with van der Waals surface area (Å²) in [6.45, 7) is 7.32. The molecule has 276 valence electrons. The Labute approximate surface area is 317 Å². The van der Waals surface area contributed by atoms with E-state index in [0.717, 1.165) is 11.3 Å². The zero-order valence-corrected chi connectivity index (χ0v) is 31.8. The number of hydrogen-bond acceptors (Lipinski definition) is 12. The molecule has 0 bridgehead atoms. The number of furan rings is 1. The van der Waals surface area contributed by atoms with Crippen LogP contribution in [0.5, 0.6) is 23.0 Å². The average molecular weight is 782 g/mol. The number of esters is 3. The van der Waals surface area contributed by atoms with Crippen molar-refractivity contribution in [2.24, 2.45) is 22.2 Å². The van der Waals surface area contributed by atoms with Crippen LogP contribution in [-0.2, 0) is 14.3 Å². The number of allylic oxidation sites excluding steroid dienone is 2. The van der Waals surface area contributed by atoms with Gasteiger partial charge in [-0.1, -0.05) is 60.5 Å². The second-order valence-corrected chi connectivity index (χ2v) is 14.7. The maximum atomic E-state index is 14.2. The SMILES string of the molecule is CCOC(=O)C1=C(C)N=c2s/c(=C/c3ccc(OC(=O)[C@@H]4[C@H](C=C(Cl)Cl)C4(C)C)c(OC)c3)c(=O)n2[C@@H]1c1ccc(OC(=O)c2ccco2)c(OC)c1. The zero-order chi connectivity index (χ0) is 38.2. The second-order valence-electron chi connectivity index (χ2n) is 12.7. The number of halogens is 2. The van der Waals surface area contributed by atoms with Crippen LogP contribution in [0, 0.1) is 17.3 Å². The molecule has 6 rings (SSSR count). The number of benzene rings is 2. The molecule has 0 saturated heterocycles. The smallest absolute Gasteiger partial charge is 0.379 e. The van der Waals surface area contributed by atoms with Gasteiger partial charge in [-0.05, 0) is 84.9 Å². The summed E-state index contributed by atoms with van der Waals surface area (Å²) in [6, 6.07) is 11.7. The molecular weight excluding hydrogens is 747 g/mol. The average Bonchev–Trinajstić information content (AvgIpc) is 3.47. The monoisotopic (exact) mass is 780 g/mol. The van der Waals surface area contributed by atoms with E-state index in [1.165, 1.54) is 37.2 Å². The van der Waals surface area contributed by atoms with E-state index in [1.54, 1.807) is 62.4 Å². The summed E-state index contributed by atoms with van der Waals surface area (Å²) in [5.74, 6) is -1.66. The number of methoxy groups -OCH3 is 2. The molecule has 0 amide bonds. The maximum absolute atomic E-state index is 14.2. The zero-order valence-electron chi connectivity index (χ0n) is 29.4. The largest absolute Gasteiger partial charge is 0.493 e. The van der Waals surface area contributed by atoms with Gasteiger partial charge in [-0.25, -0.2) is 14.6 Å². The first-order valence-electron chi connectivity index (χ1n) is 16.3. The van der Waals surface area contributed by atoms with Gasteiger partial charge in [0.15, 0.2) is 27.8 Å². The minimum absolute atomic E-state index is 0.00153. The van der Waals surface area contributed by atoms with E-state index < -0.39 is 35.4 Å². The Balaban J connectivity index is 1.36. The van der Waals surface area contributed by atoms with Gasteiger partial charge in [0.2, 0.25) is 5.76 Å². The molecule has 2 aliphatic rings. The molecule has 2 aromatic heterocycles. The molecule has 12 nitrogen and oxygen atoms in total. The third-order valence-corrected chi connectivity index (χ3v) is 10.3. The van der Waals surface area contributed by atoms with Gasteiger partial charge in [0.25, 0.3) is 5.56 Å². The second kappa shape index (κ2) is 15.1. The van der Waals surface area contributed by atoms with E-state index in [9.17, 15) is 19.2 Å². The molecule has 4 aromatic rings. The number of rotatable bonds is 11. The van der Waals surface area contributed by atoms with Crippen molar-refractivity contribution in [3.63, 3.8) is 0 Å². The van der Waals surface area contributed by atoms with Gasteiger partial charge in [0.05, 0.1) is 54.9 Å². The summed E-state index contributed by atoms with van der Waals surface area (Å²) >= 11 is 12.8. The molecule has 1 saturated carbocycles. The fourth-order valence-electron chi connectivity index (χ4n) is 6.35. The number of ether oxygens (including phenoxy) is 5. The third kappa shape index (κ3) is 7.41. The number of fused-ring (bicyclic) bond motifs is 1. The quantitative estimate of drug-likeness (QED) is 0.129. The van der Waals surface area contributed by atoms with Gasteiger partial charge >= 0.3 is 17.9 Å². The van der Waals surface area contributed by atoms with E-state index in [-0.39, 0.29) is 56.8 Å². The highest BCUT2D eigenvalue weighted by atomic mass is 35.5. The lowest BCUT2D eigenvalue weighted by Gasteiger charge is -2.25. The van der Waals surface area contributed by atoms with E-state index in [4.69, 9.17) is 51.3 Å². The van der Waals surface area contributed by atoms with E-state index >= 15 is 0 Å². The first-order chi connectivity index (χ1) is 25.3. The number of carbonyl (C=O) groups excluding carboxylic acids is 3. The Morgan fingerprint density at radius 1 is 0.981 bits per heavy atom. The number of carbonyl (C=O) groups is 3. The summed E-state index contributed by atoms with van der Waals surface area (Å²) in [5, 5.41) is 0. The fraction of sp³-hybridized carbons (Fsp3) is 0.289. The Morgan fingerprint density at radius 2 is 1.68 bits per heavy atom. The standard InChI is InChI=1S/C38H34Cl2N2O10S/c1-7-49-35(45)30-19(2)41-37-42(32(30)21-11-13-24(27(17-21)48-6)51-34(44)25-9-8-14-50-25)33(43)28(53-37)16-20-10-12-23(26(15-20)47-5)52-36(46)31-22(18-29(39)40)38(31,3)4/h8-18,22,31-32H,7H2,1-6H3/b28-16+/t22-,31-,32+/m0/s1. The minimum Gasteiger partial charge on any atom is -0.493 e. The van der Waals surface area contributed by atoms with Crippen molar-refractivity contribution >= 4 is 58.5 Å². The van der Waals surface area contributed by atoms with E-state index in [2.05, 4.69) is 4.99 Å². The first kappa shape index (κ1) is 37.6. The molecule has 0 radical (unpaired) electrons. The molecule has 15 heteroatoms. The molecule has 1 fully saturated rings. The summed E-state index contributed by atoms with van der Waals surface area (Å²) < 4.78 is 34.7. The van der Waals surface area contributed by atoms with Crippen molar-refractivity contribution in [2.45, 2.75) is 33.7 Å². The molecule has 0 spiro atoms. The minimum atomic E-state index is -0.966. The topological polar surface area (TPSA) is 145 Å². The predicted octanol–water partition coefficient (Wildman–Crippen LogP) is 6.12. The fourth-order valence-corrected chi connectivity index (χ4v) is 7.66. The summed E-state index contributed by atoms with van der Waals surface area (Å²) in [4.78, 5) is 58.3. The number of nitrogens with zero attached hydrogens (tertiary/aromatic N) is 2. The van der Waals surface area contributed by atoms with E-state index in [0.29, 0.717) is 26.2 Å². The van der Waals surface area contributed by atoms with Gasteiger partial charge in [-0.3, -0.25) is 14.2 Å². The third-order valence-electron chi connectivity index (χ3n) is 9.11. The predicted molar refractivity (Wildman–Crippen MR) is 196 cm³/mol. The van der Waals surface area contributed by atoms with Crippen molar-refractivity contribution in [1.82, 2.24) is 4.57 Å². The van der Waals surface area contributed by atoms with Crippen LogP contribution >= 0.6 is 34.5 Å². The highest BCUT2D eigenvalue weighted by Crippen LogP contribution is 2.60. The maximum Gasteiger partial charge on any atom is 0.379 e. The van der Waals surface area contributed by atoms with Crippen LogP contribution in [0.2, 0.25) is 0 Å². The van der Waals surface area contributed by atoms with Crippen molar-refractivity contribution in [1.29, 1.82) is 0 Å². The van der Waals surface area contributed by atoms with Crippen LogP contribution in [0.25, 0.3) is 6.08 Å². The lowest BCUT2D eigenvalue weighted by molar-refractivity contribution is -0.139. The molecule has 0 unspecified atom stereocenters. The number of hydrogen-bond donors (Lipinski definition) is 0. The van der Waals surface area contributed by atoms with Crippen molar-refractivity contribution in [3.05, 3.63) is 113 Å². The van der Waals surface area contributed by atoms with Crippen LogP contribution in [0.1, 0.15) is 55.4 Å². The Morgan fingerprint density at radius 3 is 2.34 bits per heavy atom. The highest BCUT2D eigenvalue weighted by Gasteiger charge is 2.61. The molecule has 2 aromatic carbocycles. The molecular formula is C38H34Cl2N2O10S. The van der Waals surface area contributed by atoms with Crippen LogP contribution < -0.4 is 33.8 Å². The Kier molecular flexibility index (Phi) is 10.7. The number of thiazole rings is 1. The summed E-state index contributed by atoms with van der Waals surface area (Å²) in [6.07, 6.45) is 4.65. The normalized spacial score (nSPS) is 18.7. The molecule has 0 N–H and O–H groups in total.